The molecule has 3 atom stereocenters. The Labute approximate surface area is 159 Å². The molecule has 4 rings (SSSR count). The monoisotopic (exact) mass is 375 g/mol. The maximum Gasteiger partial charge on any atom is 0.341 e. The van der Waals surface area contributed by atoms with E-state index in [4.69, 9.17) is 4.74 Å². The second kappa shape index (κ2) is 7.34. The van der Waals surface area contributed by atoms with Crippen molar-refractivity contribution in [3.8, 4) is 0 Å². The zero-order valence-electron chi connectivity index (χ0n) is 15.8. The Morgan fingerprint density at radius 1 is 1.12 bits per heavy atom. The largest absolute Gasteiger partial charge is 0.459 e. The van der Waals surface area contributed by atoms with Crippen LogP contribution in [0.1, 0.15) is 79.6 Å². The van der Waals surface area contributed by atoms with Gasteiger partial charge in [-0.2, -0.15) is 0 Å². The highest BCUT2D eigenvalue weighted by Gasteiger charge is 2.43. The molecule has 4 nitrogen and oxygen atoms in total. The number of rotatable bonds is 4. The van der Waals surface area contributed by atoms with E-state index in [9.17, 15) is 9.59 Å². The smallest absolute Gasteiger partial charge is 0.341 e. The molecule has 3 aliphatic rings. The van der Waals surface area contributed by atoms with Crippen molar-refractivity contribution >= 4 is 28.2 Å². The van der Waals surface area contributed by atoms with Crippen molar-refractivity contribution in [2.45, 2.75) is 77.7 Å². The van der Waals surface area contributed by atoms with Gasteiger partial charge >= 0.3 is 5.97 Å². The lowest BCUT2D eigenvalue weighted by molar-refractivity contribution is -0.121. The molecule has 0 saturated heterocycles. The van der Waals surface area contributed by atoms with Gasteiger partial charge in [-0.05, 0) is 76.2 Å². The number of thiophene rings is 1. The van der Waals surface area contributed by atoms with Gasteiger partial charge < -0.3 is 10.1 Å². The van der Waals surface area contributed by atoms with E-state index < -0.39 is 0 Å². The summed E-state index contributed by atoms with van der Waals surface area (Å²) in [7, 11) is 0. The molecular weight excluding hydrogens is 346 g/mol. The highest BCUT2D eigenvalue weighted by Crippen LogP contribution is 2.49. The van der Waals surface area contributed by atoms with Crippen LogP contribution in [0.3, 0.4) is 0 Å². The van der Waals surface area contributed by atoms with Crippen molar-refractivity contribution in [3.63, 3.8) is 0 Å². The Balaban J connectivity index is 1.60. The lowest BCUT2D eigenvalue weighted by Gasteiger charge is -2.20. The van der Waals surface area contributed by atoms with Gasteiger partial charge in [0.15, 0.2) is 0 Å². The van der Waals surface area contributed by atoms with Crippen LogP contribution < -0.4 is 5.32 Å². The number of fused-ring (bicyclic) bond motifs is 3. The molecule has 3 aliphatic carbocycles. The Kier molecular flexibility index (Phi) is 5.09. The van der Waals surface area contributed by atoms with Gasteiger partial charge in [0.1, 0.15) is 5.00 Å². The van der Waals surface area contributed by atoms with Crippen LogP contribution in [0.5, 0.6) is 0 Å². The fourth-order valence-electron chi connectivity index (χ4n) is 5.09. The Bertz CT molecular complexity index is 708. The van der Waals surface area contributed by atoms with Crippen LogP contribution in [0.2, 0.25) is 0 Å². The van der Waals surface area contributed by atoms with Crippen molar-refractivity contribution in [2.24, 2.45) is 17.8 Å². The van der Waals surface area contributed by atoms with Gasteiger partial charge in [-0.25, -0.2) is 4.79 Å². The molecule has 2 fully saturated rings. The molecule has 0 aliphatic heterocycles. The molecule has 1 amide bonds. The summed E-state index contributed by atoms with van der Waals surface area (Å²) in [6, 6.07) is 0. The zero-order chi connectivity index (χ0) is 18.3. The first-order valence-corrected chi connectivity index (χ1v) is 11.0. The average Bonchev–Trinajstić information content (AvgIpc) is 3.25. The van der Waals surface area contributed by atoms with Crippen molar-refractivity contribution in [1.82, 2.24) is 0 Å². The number of ether oxygens (including phenoxy) is 1. The average molecular weight is 376 g/mol. The molecule has 2 bridgehead atoms. The third kappa shape index (κ3) is 3.42. The number of aryl methyl sites for hydroxylation is 1. The molecule has 1 heterocycles. The van der Waals surface area contributed by atoms with E-state index in [0.29, 0.717) is 11.5 Å². The summed E-state index contributed by atoms with van der Waals surface area (Å²) in [6.45, 7) is 3.74. The third-order valence-corrected chi connectivity index (χ3v) is 7.49. The standard InChI is InChI=1S/C21H29NO3S/c1-12(2)25-21(24)18-15-6-4-3-5-7-17(15)26-20(18)22-19(23)16-11-13-8-9-14(16)10-13/h12-14,16H,3-11H2,1-2H3,(H,22,23)/t13-,14-,16+/m0/s1. The highest BCUT2D eigenvalue weighted by atomic mass is 32.1. The molecule has 5 heteroatoms. The quantitative estimate of drug-likeness (QED) is 0.598. The summed E-state index contributed by atoms with van der Waals surface area (Å²) >= 11 is 1.61. The first kappa shape index (κ1) is 18.0. The van der Waals surface area contributed by atoms with Crippen LogP contribution >= 0.6 is 11.3 Å². The maximum absolute atomic E-state index is 12.9. The van der Waals surface area contributed by atoms with Crippen molar-refractivity contribution in [1.29, 1.82) is 0 Å². The van der Waals surface area contributed by atoms with Crippen molar-refractivity contribution in [2.75, 3.05) is 5.32 Å². The fourth-order valence-corrected chi connectivity index (χ4v) is 6.37. The second-order valence-corrected chi connectivity index (χ2v) is 9.60. The van der Waals surface area contributed by atoms with Crippen molar-refractivity contribution < 1.29 is 14.3 Å². The van der Waals surface area contributed by atoms with Crippen LogP contribution in [-0.4, -0.2) is 18.0 Å². The van der Waals surface area contributed by atoms with Gasteiger partial charge in [0.05, 0.1) is 11.7 Å². The Morgan fingerprint density at radius 3 is 2.62 bits per heavy atom. The molecule has 0 unspecified atom stereocenters. The summed E-state index contributed by atoms with van der Waals surface area (Å²) in [5, 5.41) is 3.88. The van der Waals surface area contributed by atoms with Gasteiger partial charge in [-0.1, -0.05) is 12.8 Å². The van der Waals surface area contributed by atoms with Gasteiger partial charge in [0.2, 0.25) is 5.91 Å². The molecule has 1 N–H and O–H groups in total. The summed E-state index contributed by atoms with van der Waals surface area (Å²) in [4.78, 5) is 27.0. The van der Waals surface area contributed by atoms with E-state index in [1.807, 2.05) is 13.8 Å². The minimum absolute atomic E-state index is 0.118. The topological polar surface area (TPSA) is 55.4 Å². The molecule has 26 heavy (non-hydrogen) atoms. The lowest BCUT2D eigenvalue weighted by Crippen LogP contribution is -2.27. The molecule has 142 valence electrons. The van der Waals surface area contributed by atoms with E-state index in [0.717, 1.165) is 48.6 Å². The second-order valence-electron chi connectivity index (χ2n) is 8.49. The molecule has 0 aromatic carbocycles. The summed E-state index contributed by atoms with van der Waals surface area (Å²) in [6.07, 6.45) is 9.93. The molecule has 1 aromatic heterocycles. The van der Waals surface area contributed by atoms with Gasteiger partial charge in [-0.3, -0.25) is 4.79 Å². The highest BCUT2D eigenvalue weighted by molar-refractivity contribution is 7.17. The number of hydrogen-bond acceptors (Lipinski definition) is 4. The van der Waals surface area contributed by atoms with Crippen LogP contribution in [-0.2, 0) is 22.4 Å². The van der Waals surface area contributed by atoms with Crippen LogP contribution in [0.15, 0.2) is 0 Å². The predicted octanol–water partition coefficient (Wildman–Crippen LogP) is 4.96. The van der Waals surface area contributed by atoms with E-state index in [1.165, 1.54) is 30.6 Å². The number of hydrogen-bond donors (Lipinski definition) is 1. The molecule has 2 saturated carbocycles. The number of anilines is 1. The Hall–Kier alpha value is -1.36. The number of esters is 1. The minimum atomic E-state index is -0.275. The van der Waals surface area contributed by atoms with Crippen LogP contribution in [0, 0.1) is 17.8 Å². The number of nitrogens with one attached hydrogen (secondary N) is 1. The first-order chi connectivity index (χ1) is 12.5. The van der Waals surface area contributed by atoms with Crippen molar-refractivity contribution in [3.05, 3.63) is 16.0 Å². The summed E-state index contributed by atoms with van der Waals surface area (Å²) in [5.41, 5.74) is 1.76. The van der Waals surface area contributed by atoms with Gasteiger partial charge in [-0.15, -0.1) is 11.3 Å². The number of carbonyl (C=O) groups is 2. The number of amides is 1. The Morgan fingerprint density at radius 2 is 1.92 bits per heavy atom. The molecule has 0 radical (unpaired) electrons. The van der Waals surface area contributed by atoms with E-state index in [-0.39, 0.29) is 23.9 Å². The zero-order valence-corrected chi connectivity index (χ0v) is 16.6. The molecule has 1 aromatic rings. The molecular formula is C21H29NO3S. The lowest BCUT2D eigenvalue weighted by atomic mass is 9.88. The van der Waals surface area contributed by atoms with E-state index >= 15 is 0 Å². The first-order valence-electron chi connectivity index (χ1n) is 10.2. The third-order valence-electron chi connectivity index (χ3n) is 6.28. The number of carbonyl (C=O) groups excluding carboxylic acids is 2. The normalized spacial score (nSPS) is 27.3. The van der Waals surface area contributed by atoms with Gasteiger partial charge in [0, 0.05) is 10.8 Å². The SMILES string of the molecule is CC(C)OC(=O)c1c(NC(=O)[C@@H]2C[C@H]3CC[C@H]2C3)sc2c1CCCCC2. The maximum atomic E-state index is 12.9. The van der Waals surface area contributed by atoms with E-state index in [1.54, 1.807) is 11.3 Å². The predicted molar refractivity (Wildman–Crippen MR) is 104 cm³/mol. The molecule has 0 spiro atoms. The van der Waals surface area contributed by atoms with Crippen LogP contribution in [0.25, 0.3) is 0 Å². The summed E-state index contributed by atoms with van der Waals surface area (Å²) in [5.74, 6) is 1.25. The van der Waals surface area contributed by atoms with Gasteiger partial charge in [0.25, 0.3) is 0 Å². The van der Waals surface area contributed by atoms with Crippen LogP contribution in [0.4, 0.5) is 5.00 Å². The summed E-state index contributed by atoms with van der Waals surface area (Å²) < 4.78 is 5.52. The van der Waals surface area contributed by atoms with E-state index in [2.05, 4.69) is 5.32 Å². The fraction of sp³-hybridized carbons (Fsp3) is 0.714. The minimum Gasteiger partial charge on any atom is -0.459 e.